The van der Waals surface area contributed by atoms with Crippen molar-refractivity contribution in [2.75, 3.05) is 38.7 Å². The third kappa shape index (κ3) is 3.73. The van der Waals surface area contributed by atoms with Gasteiger partial charge in [-0.05, 0) is 43.7 Å². The van der Waals surface area contributed by atoms with Gasteiger partial charge in [0.2, 0.25) is 10.0 Å². The fourth-order valence-corrected chi connectivity index (χ4v) is 4.89. The van der Waals surface area contributed by atoms with Crippen LogP contribution in [0.1, 0.15) is 26.2 Å². The molecule has 1 spiro atoms. The molecule has 1 aromatic rings. The Kier molecular flexibility index (Phi) is 5.42. The van der Waals surface area contributed by atoms with Gasteiger partial charge in [0.15, 0.2) is 0 Å². The zero-order valence-electron chi connectivity index (χ0n) is 14.2. The van der Waals surface area contributed by atoms with Crippen LogP contribution in [-0.2, 0) is 14.8 Å². The summed E-state index contributed by atoms with van der Waals surface area (Å²) in [7, 11) is -3.09. The summed E-state index contributed by atoms with van der Waals surface area (Å²) in [5, 5.41) is 0. The first-order valence-electron chi connectivity index (χ1n) is 8.64. The predicted octanol–water partition coefficient (Wildman–Crippen LogP) is 1.93. The third-order valence-corrected chi connectivity index (χ3v) is 7.37. The summed E-state index contributed by atoms with van der Waals surface area (Å²) in [4.78, 5) is 4.07. The van der Waals surface area contributed by atoms with E-state index in [1.54, 1.807) is 23.6 Å². The van der Waals surface area contributed by atoms with Crippen molar-refractivity contribution in [2.45, 2.75) is 26.2 Å². The average molecular weight is 354 g/mol. The summed E-state index contributed by atoms with van der Waals surface area (Å²) in [5.74, 6) is 1.23. The quantitative estimate of drug-likeness (QED) is 0.808. The molecule has 0 aromatic carbocycles. The molecule has 24 heavy (non-hydrogen) atoms. The molecule has 2 aliphatic rings. The minimum absolute atomic E-state index is 0.125. The largest absolute Gasteiger partial charge is 0.492 e. The molecule has 0 amide bonds. The predicted molar refractivity (Wildman–Crippen MR) is 91.4 cm³/mol. The van der Waals surface area contributed by atoms with Crippen molar-refractivity contribution in [1.29, 1.82) is 0 Å². The smallest absolute Gasteiger partial charge is 0.213 e. The molecule has 0 unspecified atom stereocenters. The summed E-state index contributed by atoms with van der Waals surface area (Å²) in [6.07, 6.45) is 6.19. The Bertz CT molecular complexity index is 627. The molecular weight excluding hydrogens is 328 g/mol. The van der Waals surface area contributed by atoms with Crippen molar-refractivity contribution in [3.8, 4) is 5.75 Å². The highest BCUT2D eigenvalue weighted by Gasteiger charge is 2.45. The highest BCUT2D eigenvalue weighted by molar-refractivity contribution is 7.89. The molecule has 6 nitrogen and oxygen atoms in total. The molecule has 3 heterocycles. The third-order valence-electron chi connectivity index (χ3n) is 5.49. The number of aromatic nitrogens is 1. The van der Waals surface area contributed by atoms with Gasteiger partial charge in [0.1, 0.15) is 5.75 Å². The number of rotatable bonds is 5. The number of sulfonamides is 1. The molecule has 3 rings (SSSR count). The maximum absolute atomic E-state index is 12.1. The van der Waals surface area contributed by atoms with Crippen LogP contribution >= 0.6 is 0 Å². The second-order valence-corrected chi connectivity index (χ2v) is 8.94. The maximum atomic E-state index is 12.1. The van der Waals surface area contributed by atoms with Crippen LogP contribution < -0.4 is 4.74 Å². The average Bonchev–Trinajstić information content (AvgIpc) is 2.62. The first kappa shape index (κ1) is 17.6. The standard InChI is InChI=1S/C17H26N2O4S/c1-2-24(20,21)19-9-5-17(6-10-19)7-11-22-13-15(17)14-23-16-4-3-8-18-12-16/h3-4,8,12,15H,2,5-7,9-11,13-14H2,1H3/t15-/m1/s1. The van der Waals surface area contributed by atoms with Gasteiger partial charge in [0.05, 0.1) is 25.2 Å². The van der Waals surface area contributed by atoms with E-state index >= 15 is 0 Å². The number of nitrogens with zero attached hydrogens (tertiary/aromatic N) is 2. The summed E-state index contributed by atoms with van der Waals surface area (Å²) in [6.45, 7) is 4.95. The molecule has 2 aliphatic heterocycles. The fourth-order valence-electron chi connectivity index (χ4n) is 3.79. The zero-order valence-corrected chi connectivity index (χ0v) is 15.0. The number of pyridine rings is 1. The summed E-state index contributed by atoms with van der Waals surface area (Å²) in [6, 6.07) is 3.76. The SMILES string of the molecule is CCS(=O)(=O)N1CCC2(CCOC[C@@H]2COc2cccnc2)CC1. The van der Waals surface area contributed by atoms with Crippen molar-refractivity contribution in [1.82, 2.24) is 9.29 Å². The van der Waals surface area contributed by atoms with Crippen molar-refractivity contribution in [2.24, 2.45) is 11.3 Å². The second-order valence-electron chi connectivity index (χ2n) is 6.68. The first-order valence-corrected chi connectivity index (χ1v) is 10.2. The van der Waals surface area contributed by atoms with E-state index in [-0.39, 0.29) is 17.1 Å². The summed E-state index contributed by atoms with van der Waals surface area (Å²) in [5.41, 5.74) is 0.125. The molecular formula is C17H26N2O4S. The monoisotopic (exact) mass is 354 g/mol. The maximum Gasteiger partial charge on any atom is 0.213 e. The Morgan fingerprint density at radius 2 is 2.17 bits per heavy atom. The van der Waals surface area contributed by atoms with E-state index in [4.69, 9.17) is 9.47 Å². The van der Waals surface area contributed by atoms with Crippen LogP contribution in [0.4, 0.5) is 0 Å². The Morgan fingerprint density at radius 3 is 2.83 bits per heavy atom. The fraction of sp³-hybridized carbons (Fsp3) is 0.706. The molecule has 2 fully saturated rings. The van der Waals surface area contributed by atoms with E-state index in [1.165, 1.54) is 0 Å². The lowest BCUT2D eigenvalue weighted by Gasteiger charge is -2.48. The van der Waals surface area contributed by atoms with Crippen molar-refractivity contribution < 1.29 is 17.9 Å². The van der Waals surface area contributed by atoms with Gasteiger partial charge in [-0.2, -0.15) is 0 Å². The Hall–Kier alpha value is -1.18. The molecule has 0 N–H and O–H groups in total. The topological polar surface area (TPSA) is 68.7 Å². The highest BCUT2D eigenvalue weighted by atomic mass is 32.2. The molecule has 2 saturated heterocycles. The molecule has 134 valence electrons. The molecule has 0 bridgehead atoms. The van der Waals surface area contributed by atoms with Crippen LogP contribution in [0.25, 0.3) is 0 Å². The van der Waals surface area contributed by atoms with Crippen molar-refractivity contribution >= 4 is 10.0 Å². The highest BCUT2D eigenvalue weighted by Crippen LogP contribution is 2.45. The second kappa shape index (κ2) is 7.37. The number of ether oxygens (including phenoxy) is 2. The van der Waals surface area contributed by atoms with E-state index in [9.17, 15) is 8.42 Å². The Balaban J connectivity index is 1.64. The number of hydrogen-bond donors (Lipinski definition) is 0. The van der Waals surface area contributed by atoms with Gasteiger partial charge < -0.3 is 9.47 Å². The Morgan fingerprint density at radius 1 is 1.38 bits per heavy atom. The van der Waals surface area contributed by atoms with Crippen LogP contribution in [0.5, 0.6) is 5.75 Å². The molecule has 1 atom stereocenters. The lowest BCUT2D eigenvalue weighted by Crippen LogP contribution is -2.51. The minimum atomic E-state index is -3.09. The van der Waals surface area contributed by atoms with Gasteiger partial charge in [-0.25, -0.2) is 12.7 Å². The van der Waals surface area contributed by atoms with Crippen molar-refractivity contribution in [3.63, 3.8) is 0 Å². The first-order chi connectivity index (χ1) is 11.6. The molecule has 0 saturated carbocycles. The van der Waals surface area contributed by atoms with E-state index in [0.717, 1.165) is 31.6 Å². The molecule has 0 radical (unpaired) electrons. The summed E-state index contributed by atoms with van der Waals surface area (Å²) < 4.78 is 37.4. The lowest BCUT2D eigenvalue weighted by atomic mass is 9.66. The molecule has 0 aliphatic carbocycles. The molecule has 1 aromatic heterocycles. The van der Waals surface area contributed by atoms with Gasteiger partial charge in [-0.1, -0.05) is 0 Å². The zero-order chi connectivity index (χ0) is 17.0. The van der Waals surface area contributed by atoms with Crippen LogP contribution in [0.2, 0.25) is 0 Å². The normalized spacial score (nSPS) is 24.8. The van der Waals surface area contributed by atoms with E-state index in [1.807, 2.05) is 12.1 Å². The van der Waals surface area contributed by atoms with Crippen molar-refractivity contribution in [3.05, 3.63) is 24.5 Å². The summed E-state index contributed by atoms with van der Waals surface area (Å²) >= 11 is 0. The van der Waals surface area contributed by atoms with Gasteiger partial charge in [0, 0.05) is 31.8 Å². The Labute approximate surface area is 144 Å². The van der Waals surface area contributed by atoms with Crippen LogP contribution in [0.15, 0.2) is 24.5 Å². The number of hydrogen-bond acceptors (Lipinski definition) is 5. The molecule has 7 heteroatoms. The van der Waals surface area contributed by atoms with E-state index in [0.29, 0.717) is 26.3 Å². The van der Waals surface area contributed by atoms with Crippen LogP contribution in [0.3, 0.4) is 0 Å². The van der Waals surface area contributed by atoms with Gasteiger partial charge in [-0.15, -0.1) is 0 Å². The van der Waals surface area contributed by atoms with Crippen LogP contribution in [-0.4, -0.2) is 56.4 Å². The number of piperidine rings is 1. The van der Waals surface area contributed by atoms with Gasteiger partial charge >= 0.3 is 0 Å². The lowest BCUT2D eigenvalue weighted by molar-refractivity contribution is -0.0787. The van der Waals surface area contributed by atoms with E-state index < -0.39 is 10.0 Å². The van der Waals surface area contributed by atoms with Gasteiger partial charge in [-0.3, -0.25) is 4.98 Å². The van der Waals surface area contributed by atoms with Crippen LogP contribution in [0, 0.1) is 11.3 Å². The van der Waals surface area contributed by atoms with E-state index in [2.05, 4.69) is 4.98 Å². The minimum Gasteiger partial charge on any atom is -0.492 e. The van der Waals surface area contributed by atoms with Gasteiger partial charge in [0.25, 0.3) is 0 Å².